The Labute approximate surface area is 120 Å². The van der Waals surface area contributed by atoms with Gasteiger partial charge in [-0.25, -0.2) is 13.2 Å². The SMILES string of the molecule is Cc1cccc2c(-c3ccccc3)c(C(F)C(F)F)oc12. The molecule has 0 N–H and O–H groups in total. The minimum atomic E-state index is -3.12. The Morgan fingerprint density at radius 1 is 0.905 bits per heavy atom. The molecule has 0 aliphatic heterocycles. The van der Waals surface area contributed by atoms with E-state index >= 15 is 0 Å². The smallest absolute Gasteiger partial charge is 0.276 e. The lowest BCUT2D eigenvalue weighted by Gasteiger charge is -2.07. The lowest BCUT2D eigenvalue weighted by Crippen LogP contribution is -2.03. The highest BCUT2D eigenvalue weighted by atomic mass is 19.3. The first-order valence-corrected chi connectivity index (χ1v) is 6.59. The van der Waals surface area contributed by atoms with E-state index in [2.05, 4.69) is 0 Å². The third kappa shape index (κ3) is 2.31. The summed E-state index contributed by atoms with van der Waals surface area (Å²) in [5, 5.41) is 0.652. The van der Waals surface area contributed by atoms with Crippen LogP contribution in [0.1, 0.15) is 17.5 Å². The number of aryl methyl sites for hydroxylation is 1. The minimum absolute atomic E-state index is 0.305. The maximum atomic E-state index is 13.9. The molecule has 0 fully saturated rings. The molecule has 0 spiro atoms. The highest BCUT2D eigenvalue weighted by Crippen LogP contribution is 2.41. The van der Waals surface area contributed by atoms with E-state index in [0.717, 1.165) is 5.56 Å². The van der Waals surface area contributed by atoms with Crippen LogP contribution in [0.25, 0.3) is 22.1 Å². The third-order valence-corrected chi connectivity index (χ3v) is 3.47. The van der Waals surface area contributed by atoms with E-state index < -0.39 is 12.6 Å². The molecule has 0 aliphatic rings. The van der Waals surface area contributed by atoms with Crippen LogP contribution < -0.4 is 0 Å². The van der Waals surface area contributed by atoms with Crippen molar-refractivity contribution in [3.8, 4) is 11.1 Å². The standard InChI is InChI=1S/C17H13F3O/c1-10-6-5-9-12-13(11-7-3-2-4-8-11)16(21-15(10)12)14(18)17(19)20/h2-9,14,17H,1H3. The monoisotopic (exact) mass is 290 g/mol. The van der Waals surface area contributed by atoms with Crippen LogP contribution in [0.5, 0.6) is 0 Å². The van der Waals surface area contributed by atoms with Gasteiger partial charge in [0.2, 0.25) is 6.17 Å². The number of halogens is 3. The Bertz CT molecular complexity index is 762. The van der Waals surface area contributed by atoms with Crippen molar-refractivity contribution in [3.63, 3.8) is 0 Å². The molecule has 0 radical (unpaired) electrons. The number of fused-ring (bicyclic) bond motifs is 1. The Morgan fingerprint density at radius 3 is 2.29 bits per heavy atom. The maximum Gasteiger partial charge on any atom is 0.276 e. The lowest BCUT2D eigenvalue weighted by molar-refractivity contribution is 0.0389. The Morgan fingerprint density at radius 2 is 1.62 bits per heavy atom. The second-order valence-electron chi connectivity index (χ2n) is 4.90. The Balaban J connectivity index is 2.34. The van der Waals surface area contributed by atoms with Crippen LogP contribution in [0.15, 0.2) is 52.9 Å². The van der Waals surface area contributed by atoms with Gasteiger partial charge in [0.25, 0.3) is 6.43 Å². The fourth-order valence-corrected chi connectivity index (χ4v) is 2.49. The zero-order valence-corrected chi connectivity index (χ0v) is 11.3. The summed E-state index contributed by atoms with van der Waals surface area (Å²) in [7, 11) is 0. The van der Waals surface area contributed by atoms with Crippen molar-refractivity contribution in [2.75, 3.05) is 0 Å². The molecule has 1 unspecified atom stereocenters. The van der Waals surface area contributed by atoms with Gasteiger partial charge in [-0.05, 0) is 18.1 Å². The van der Waals surface area contributed by atoms with Gasteiger partial charge in [0.05, 0.1) is 0 Å². The lowest BCUT2D eigenvalue weighted by atomic mass is 9.99. The number of furan rings is 1. The van der Waals surface area contributed by atoms with E-state index in [1.54, 1.807) is 49.4 Å². The zero-order chi connectivity index (χ0) is 15.0. The largest absolute Gasteiger partial charge is 0.457 e. The van der Waals surface area contributed by atoms with Crippen molar-refractivity contribution in [2.45, 2.75) is 19.5 Å². The Kier molecular flexibility index (Phi) is 3.45. The van der Waals surface area contributed by atoms with Crippen LogP contribution in [0.3, 0.4) is 0 Å². The molecule has 21 heavy (non-hydrogen) atoms. The number of hydrogen-bond donors (Lipinski definition) is 0. The van der Waals surface area contributed by atoms with Crippen molar-refractivity contribution in [1.82, 2.24) is 0 Å². The molecule has 2 aromatic carbocycles. The van der Waals surface area contributed by atoms with Crippen LogP contribution >= 0.6 is 0 Å². The van der Waals surface area contributed by atoms with Crippen molar-refractivity contribution >= 4 is 11.0 Å². The predicted octanol–water partition coefficient (Wildman–Crippen LogP) is 5.68. The molecule has 1 nitrogen and oxygen atoms in total. The number of benzene rings is 2. The van der Waals surface area contributed by atoms with Crippen LogP contribution in [0.2, 0.25) is 0 Å². The molecule has 1 atom stereocenters. The second-order valence-corrected chi connectivity index (χ2v) is 4.90. The molecule has 0 bridgehead atoms. The van der Waals surface area contributed by atoms with E-state index in [4.69, 9.17) is 4.42 Å². The first-order chi connectivity index (χ1) is 10.1. The summed E-state index contributed by atoms with van der Waals surface area (Å²) >= 11 is 0. The summed E-state index contributed by atoms with van der Waals surface area (Å²) in [6, 6.07) is 14.3. The quantitative estimate of drug-likeness (QED) is 0.604. The summed E-state index contributed by atoms with van der Waals surface area (Å²) < 4.78 is 45.0. The highest BCUT2D eigenvalue weighted by Gasteiger charge is 2.30. The summed E-state index contributed by atoms with van der Waals surface area (Å²) in [6.45, 7) is 1.81. The van der Waals surface area contributed by atoms with Gasteiger partial charge in [0.15, 0.2) is 5.76 Å². The number of para-hydroxylation sites is 1. The van der Waals surface area contributed by atoms with Gasteiger partial charge in [-0.3, -0.25) is 0 Å². The van der Waals surface area contributed by atoms with Crippen LogP contribution in [-0.4, -0.2) is 6.43 Å². The van der Waals surface area contributed by atoms with Gasteiger partial charge in [0, 0.05) is 10.9 Å². The van der Waals surface area contributed by atoms with Crippen molar-refractivity contribution in [1.29, 1.82) is 0 Å². The summed E-state index contributed by atoms with van der Waals surface area (Å²) in [5.74, 6) is -0.305. The van der Waals surface area contributed by atoms with E-state index in [9.17, 15) is 13.2 Å². The molecule has 3 rings (SSSR count). The molecular weight excluding hydrogens is 277 g/mol. The Hall–Kier alpha value is -2.23. The first-order valence-electron chi connectivity index (χ1n) is 6.59. The third-order valence-electron chi connectivity index (χ3n) is 3.47. The van der Waals surface area contributed by atoms with Crippen LogP contribution in [-0.2, 0) is 0 Å². The number of rotatable bonds is 3. The van der Waals surface area contributed by atoms with Gasteiger partial charge < -0.3 is 4.42 Å². The molecule has 0 amide bonds. The van der Waals surface area contributed by atoms with Gasteiger partial charge in [-0.1, -0.05) is 48.5 Å². The molecule has 0 aliphatic carbocycles. The zero-order valence-electron chi connectivity index (χ0n) is 11.3. The normalized spacial score (nSPS) is 13.0. The fourth-order valence-electron chi connectivity index (χ4n) is 2.49. The highest BCUT2D eigenvalue weighted by molar-refractivity contribution is 5.97. The molecular formula is C17H13F3O. The summed E-state index contributed by atoms with van der Waals surface area (Å²) in [4.78, 5) is 0. The van der Waals surface area contributed by atoms with E-state index in [-0.39, 0.29) is 5.76 Å². The topological polar surface area (TPSA) is 13.1 Å². The van der Waals surface area contributed by atoms with Gasteiger partial charge in [0.1, 0.15) is 5.58 Å². The van der Waals surface area contributed by atoms with Crippen molar-refractivity contribution in [2.24, 2.45) is 0 Å². The predicted molar refractivity (Wildman–Crippen MR) is 76.2 cm³/mol. The minimum Gasteiger partial charge on any atom is -0.457 e. The molecule has 1 aromatic heterocycles. The molecule has 0 saturated heterocycles. The average Bonchev–Trinajstić information content (AvgIpc) is 2.88. The first kappa shape index (κ1) is 13.7. The van der Waals surface area contributed by atoms with Gasteiger partial charge in [-0.15, -0.1) is 0 Å². The number of hydrogen-bond acceptors (Lipinski definition) is 1. The fraction of sp³-hybridized carbons (Fsp3) is 0.176. The van der Waals surface area contributed by atoms with Crippen molar-refractivity contribution < 1.29 is 17.6 Å². The second kappa shape index (κ2) is 5.28. The van der Waals surface area contributed by atoms with E-state index in [1.165, 1.54) is 0 Å². The van der Waals surface area contributed by atoms with Crippen LogP contribution in [0, 0.1) is 6.92 Å². The molecule has 0 saturated carbocycles. The molecule has 1 heterocycles. The summed E-state index contributed by atoms with van der Waals surface area (Å²) in [6.07, 6.45) is -5.56. The molecule has 3 aromatic rings. The average molecular weight is 290 g/mol. The molecule has 4 heteroatoms. The maximum absolute atomic E-state index is 13.9. The van der Waals surface area contributed by atoms with E-state index in [0.29, 0.717) is 22.1 Å². The molecule has 108 valence electrons. The van der Waals surface area contributed by atoms with Crippen LogP contribution in [0.4, 0.5) is 13.2 Å². The van der Waals surface area contributed by atoms with Gasteiger partial charge in [-0.2, -0.15) is 0 Å². The summed E-state index contributed by atoms with van der Waals surface area (Å²) in [5.41, 5.74) is 2.31. The van der Waals surface area contributed by atoms with E-state index in [1.807, 2.05) is 6.07 Å². The number of alkyl halides is 3. The van der Waals surface area contributed by atoms with Gasteiger partial charge >= 0.3 is 0 Å². The van der Waals surface area contributed by atoms with Crippen molar-refractivity contribution in [3.05, 3.63) is 59.9 Å².